The highest BCUT2D eigenvalue weighted by Gasteiger charge is 2.26. The van der Waals surface area contributed by atoms with Gasteiger partial charge in [0.05, 0.1) is 23.3 Å². The third-order valence-corrected chi connectivity index (χ3v) is 5.87. The fraction of sp³-hybridized carbons (Fsp3) is 0.429. The number of aromatic amines is 1. The number of piperidine rings is 1. The van der Waals surface area contributed by atoms with Crippen LogP contribution in [0.3, 0.4) is 0 Å². The van der Waals surface area contributed by atoms with E-state index in [1.165, 1.54) is 12.0 Å². The van der Waals surface area contributed by atoms with Gasteiger partial charge in [-0.25, -0.2) is 4.98 Å². The molecule has 1 amide bonds. The standard InChI is InChI=1S/C21H24N6O/c28-21(22-13-19-23-17-5-1-2-6-18(17)24-19)14-8-10-27(11-9-14)20-12-15-4-3-7-16(15)25-26-20/h1-2,5-6,12,14H,3-4,7-11,13H2,(H,22,28)(H,23,24). The average Bonchev–Trinajstić information content (AvgIpc) is 3.37. The number of anilines is 1. The molecule has 3 aromatic rings. The number of rotatable bonds is 4. The van der Waals surface area contributed by atoms with Crippen LogP contribution in [0.25, 0.3) is 11.0 Å². The summed E-state index contributed by atoms with van der Waals surface area (Å²) in [4.78, 5) is 22.6. The lowest BCUT2D eigenvalue weighted by molar-refractivity contribution is -0.125. The summed E-state index contributed by atoms with van der Waals surface area (Å²) in [5.74, 6) is 1.91. The van der Waals surface area contributed by atoms with Crippen molar-refractivity contribution in [1.82, 2.24) is 25.5 Å². The molecule has 2 N–H and O–H groups in total. The number of fused-ring (bicyclic) bond motifs is 2. The van der Waals surface area contributed by atoms with Gasteiger partial charge in [-0.1, -0.05) is 12.1 Å². The molecule has 28 heavy (non-hydrogen) atoms. The van der Waals surface area contributed by atoms with Crippen molar-refractivity contribution >= 4 is 22.8 Å². The second-order valence-corrected chi connectivity index (χ2v) is 7.71. The van der Waals surface area contributed by atoms with Gasteiger partial charge in [0.2, 0.25) is 5.91 Å². The van der Waals surface area contributed by atoms with E-state index in [9.17, 15) is 4.79 Å². The van der Waals surface area contributed by atoms with E-state index in [1.54, 1.807) is 0 Å². The van der Waals surface area contributed by atoms with Crippen LogP contribution in [0.4, 0.5) is 5.82 Å². The average molecular weight is 376 g/mol. The van der Waals surface area contributed by atoms with E-state index in [-0.39, 0.29) is 11.8 Å². The van der Waals surface area contributed by atoms with Gasteiger partial charge in [-0.05, 0) is 55.9 Å². The predicted octanol–water partition coefficient (Wildman–Crippen LogP) is 2.37. The highest BCUT2D eigenvalue weighted by Crippen LogP contribution is 2.26. The lowest BCUT2D eigenvalue weighted by Gasteiger charge is -2.32. The minimum atomic E-state index is 0.0445. The molecule has 1 saturated heterocycles. The van der Waals surface area contributed by atoms with E-state index in [4.69, 9.17) is 0 Å². The Morgan fingerprint density at radius 2 is 2.04 bits per heavy atom. The van der Waals surface area contributed by atoms with E-state index < -0.39 is 0 Å². The smallest absolute Gasteiger partial charge is 0.223 e. The van der Waals surface area contributed by atoms with Crippen molar-refractivity contribution in [3.63, 3.8) is 0 Å². The summed E-state index contributed by atoms with van der Waals surface area (Å²) in [7, 11) is 0. The zero-order valence-electron chi connectivity index (χ0n) is 15.8. The van der Waals surface area contributed by atoms with Crippen molar-refractivity contribution in [2.24, 2.45) is 5.92 Å². The molecule has 1 aromatic carbocycles. The number of carbonyl (C=O) groups is 1. The maximum absolute atomic E-state index is 12.6. The Morgan fingerprint density at radius 3 is 2.89 bits per heavy atom. The van der Waals surface area contributed by atoms with Gasteiger partial charge in [-0.3, -0.25) is 4.79 Å². The summed E-state index contributed by atoms with van der Waals surface area (Å²) in [6, 6.07) is 10.1. The number of H-pyrrole nitrogens is 1. The second kappa shape index (κ2) is 7.22. The van der Waals surface area contributed by atoms with Crippen molar-refractivity contribution in [2.75, 3.05) is 18.0 Å². The van der Waals surface area contributed by atoms with Crippen LogP contribution >= 0.6 is 0 Å². The van der Waals surface area contributed by atoms with Crippen molar-refractivity contribution in [2.45, 2.75) is 38.6 Å². The van der Waals surface area contributed by atoms with Crippen molar-refractivity contribution < 1.29 is 4.79 Å². The third kappa shape index (κ3) is 3.32. The zero-order valence-corrected chi connectivity index (χ0v) is 15.8. The molecule has 0 spiro atoms. The molecule has 0 unspecified atom stereocenters. The zero-order chi connectivity index (χ0) is 18.9. The minimum Gasteiger partial charge on any atom is -0.355 e. The molecule has 2 aliphatic rings. The molecular weight excluding hydrogens is 352 g/mol. The van der Waals surface area contributed by atoms with Gasteiger partial charge in [0.25, 0.3) is 0 Å². The SMILES string of the molecule is O=C(NCc1nc2ccccc2[nH]1)C1CCN(c2cc3c(nn2)CCC3)CC1. The Hall–Kier alpha value is -2.96. The van der Waals surface area contributed by atoms with Gasteiger partial charge in [0, 0.05) is 19.0 Å². The van der Waals surface area contributed by atoms with E-state index in [2.05, 4.69) is 36.4 Å². The topological polar surface area (TPSA) is 86.8 Å². The molecule has 1 aliphatic heterocycles. The molecule has 1 aliphatic carbocycles. The van der Waals surface area contributed by atoms with Crippen LogP contribution in [0.15, 0.2) is 30.3 Å². The number of nitrogens with one attached hydrogen (secondary N) is 2. The Kier molecular flexibility index (Phi) is 4.43. The van der Waals surface area contributed by atoms with E-state index in [0.717, 1.165) is 67.1 Å². The number of hydrogen-bond donors (Lipinski definition) is 2. The maximum atomic E-state index is 12.6. The first-order chi connectivity index (χ1) is 13.8. The first-order valence-electron chi connectivity index (χ1n) is 10.1. The Morgan fingerprint density at radius 1 is 1.18 bits per heavy atom. The first-order valence-corrected chi connectivity index (χ1v) is 10.1. The number of imidazole rings is 1. The monoisotopic (exact) mass is 376 g/mol. The molecule has 0 atom stereocenters. The van der Waals surface area contributed by atoms with E-state index in [0.29, 0.717) is 6.54 Å². The summed E-state index contributed by atoms with van der Waals surface area (Å²) < 4.78 is 0. The normalized spacial score (nSPS) is 17.1. The van der Waals surface area contributed by atoms with Crippen molar-refractivity contribution in [3.05, 3.63) is 47.4 Å². The Bertz CT molecular complexity index is 972. The van der Waals surface area contributed by atoms with Crippen LogP contribution in [-0.2, 0) is 24.2 Å². The van der Waals surface area contributed by atoms with Gasteiger partial charge < -0.3 is 15.2 Å². The van der Waals surface area contributed by atoms with Gasteiger partial charge in [0.1, 0.15) is 5.82 Å². The molecular formula is C21H24N6O. The number of carbonyl (C=O) groups excluding carboxylic acids is 1. The molecule has 5 rings (SSSR count). The lowest BCUT2D eigenvalue weighted by Crippen LogP contribution is -2.40. The van der Waals surface area contributed by atoms with Crippen LogP contribution in [0, 0.1) is 5.92 Å². The highest BCUT2D eigenvalue weighted by atomic mass is 16.1. The van der Waals surface area contributed by atoms with Crippen molar-refractivity contribution in [1.29, 1.82) is 0 Å². The van der Waals surface area contributed by atoms with Gasteiger partial charge in [-0.2, -0.15) is 5.10 Å². The third-order valence-electron chi connectivity index (χ3n) is 5.87. The van der Waals surface area contributed by atoms with Crippen LogP contribution in [-0.4, -0.2) is 39.2 Å². The number of hydrogen-bond acceptors (Lipinski definition) is 5. The maximum Gasteiger partial charge on any atom is 0.223 e. The van der Waals surface area contributed by atoms with E-state index in [1.807, 2.05) is 24.3 Å². The van der Waals surface area contributed by atoms with Crippen LogP contribution in [0.2, 0.25) is 0 Å². The molecule has 0 bridgehead atoms. The summed E-state index contributed by atoms with van der Waals surface area (Å²) >= 11 is 0. The number of amides is 1. The molecule has 2 aromatic heterocycles. The van der Waals surface area contributed by atoms with Crippen LogP contribution in [0.5, 0.6) is 0 Å². The largest absolute Gasteiger partial charge is 0.355 e. The van der Waals surface area contributed by atoms with E-state index >= 15 is 0 Å². The molecule has 7 heteroatoms. The lowest BCUT2D eigenvalue weighted by atomic mass is 9.96. The van der Waals surface area contributed by atoms with Gasteiger partial charge >= 0.3 is 0 Å². The Labute approximate surface area is 163 Å². The number of aryl methyl sites for hydroxylation is 2. The number of aromatic nitrogens is 4. The van der Waals surface area contributed by atoms with Gasteiger partial charge in [0.15, 0.2) is 5.82 Å². The van der Waals surface area contributed by atoms with Crippen LogP contribution in [0.1, 0.15) is 36.3 Å². The molecule has 3 heterocycles. The first kappa shape index (κ1) is 17.2. The molecule has 1 fully saturated rings. The number of para-hydroxylation sites is 2. The molecule has 7 nitrogen and oxygen atoms in total. The summed E-state index contributed by atoms with van der Waals surface area (Å²) in [5.41, 5.74) is 4.42. The van der Waals surface area contributed by atoms with Crippen LogP contribution < -0.4 is 10.2 Å². The quantitative estimate of drug-likeness (QED) is 0.730. The summed E-state index contributed by atoms with van der Waals surface area (Å²) in [6.45, 7) is 2.12. The summed E-state index contributed by atoms with van der Waals surface area (Å²) in [6.07, 6.45) is 5.02. The fourth-order valence-corrected chi connectivity index (χ4v) is 4.25. The molecule has 0 radical (unpaired) electrons. The highest BCUT2D eigenvalue weighted by molar-refractivity contribution is 5.79. The Balaban J connectivity index is 1.15. The molecule has 0 saturated carbocycles. The fourth-order valence-electron chi connectivity index (χ4n) is 4.25. The minimum absolute atomic E-state index is 0.0445. The predicted molar refractivity (Wildman–Crippen MR) is 107 cm³/mol. The molecule has 144 valence electrons. The number of nitrogens with zero attached hydrogens (tertiary/aromatic N) is 4. The second-order valence-electron chi connectivity index (χ2n) is 7.71. The van der Waals surface area contributed by atoms with Crippen molar-refractivity contribution in [3.8, 4) is 0 Å². The number of benzene rings is 1. The van der Waals surface area contributed by atoms with Gasteiger partial charge in [-0.15, -0.1) is 5.10 Å². The summed E-state index contributed by atoms with van der Waals surface area (Å²) in [5, 5.41) is 11.8.